The number of benzene rings is 1. The highest BCUT2D eigenvalue weighted by atomic mass is 16.5. The second-order valence-corrected chi connectivity index (χ2v) is 3.05. The second-order valence-electron chi connectivity index (χ2n) is 3.05. The van der Waals surface area contributed by atoms with Crippen LogP contribution in [-0.2, 0) is 9.53 Å². The predicted octanol–water partition coefficient (Wildman–Crippen LogP) is 2.48. The van der Waals surface area contributed by atoms with Gasteiger partial charge in [0, 0.05) is 11.6 Å². The molecule has 2 heteroatoms. The molecule has 1 atom stereocenters. The van der Waals surface area contributed by atoms with Crippen molar-refractivity contribution >= 4 is 12.0 Å². The van der Waals surface area contributed by atoms with Gasteiger partial charge in [-0.15, -0.1) is 0 Å². The molecule has 1 unspecified atom stereocenters. The maximum absolute atomic E-state index is 11.0. The Hall–Kier alpha value is -1.83. The number of hydrogen-bond acceptors (Lipinski definition) is 2. The van der Waals surface area contributed by atoms with Crippen LogP contribution >= 0.6 is 0 Å². The Kier molecular flexibility index (Phi) is 2.19. The zero-order valence-electron chi connectivity index (χ0n) is 7.64. The summed E-state index contributed by atoms with van der Waals surface area (Å²) in [5.74, 6) is -0.392. The van der Waals surface area contributed by atoms with E-state index in [1.165, 1.54) is 6.08 Å². The van der Waals surface area contributed by atoms with Crippen LogP contribution in [-0.4, -0.2) is 5.97 Å². The first-order valence-electron chi connectivity index (χ1n) is 4.41. The highest BCUT2D eigenvalue weighted by molar-refractivity contribution is 5.82. The van der Waals surface area contributed by atoms with Crippen molar-refractivity contribution in [3.05, 3.63) is 54.1 Å². The van der Waals surface area contributed by atoms with Gasteiger partial charge in [-0.1, -0.05) is 36.9 Å². The number of esters is 1. The Balaban J connectivity index is 2.22. The molecule has 1 aromatic carbocycles. The third kappa shape index (κ3) is 1.46. The van der Waals surface area contributed by atoms with Gasteiger partial charge in [0.2, 0.25) is 0 Å². The molecule has 0 bridgehead atoms. The van der Waals surface area contributed by atoms with Crippen LogP contribution in [0, 0.1) is 0 Å². The van der Waals surface area contributed by atoms with E-state index in [1.54, 1.807) is 0 Å². The number of carbonyl (C=O) groups excluding carboxylic acids is 1. The maximum Gasteiger partial charge on any atom is 0.331 e. The largest absolute Gasteiger partial charge is 0.450 e. The summed E-state index contributed by atoms with van der Waals surface area (Å²) in [7, 11) is 0. The lowest BCUT2D eigenvalue weighted by Crippen LogP contribution is -2.05. The van der Waals surface area contributed by atoms with Crippen molar-refractivity contribution in [2.75, 3.05) is 0 Å². The molecule has 1 aliphatic carbocycles. The van der Waals surface area contributed by atoms with Crippen LogP contribution < -0.4 is 0 Å². The van der Waals surface area contributed by atoms with Crippen LogP contribution in [0.3, 0.4) is 0 Å². The van der Waals surface area contributed by atoms with E-state index in [0.717, 1.165) is 11.1 Å². The topological polar surface area (TPSA) is 26.3 Å². The van der Waals surface area contributed by atoms with E-state index < -0.39 is 5.97 Å². The quantitative estimate of drug-likeness (QED) is 0.524. The molecule has 0 spiro atoms. The monoisotopic (exact) mass is 186 g/mol. The fourth-order valence-corrected chi connectivity index (χ4v) is 1.49. The lowest BCUT2D eigenvalue weighted by Gasteiger charge is -2.10. The summed E-state index contributed by atoms with van der Waals surface area (Å²) in [5.41, 5.74) is 2.14. The first-order valence-corrected chi connectivity index (χ1v) is 4.41. The van der Waals surface area contributed by atoms with E-state index >= 15 is 0 Å². The van der Waals surface area contributed by atoms with Crippen molar-refractivity contribution in [2.45, 2.75) is 6.10 Å². The smallest absolute Gasteiger partial charge is 0.331 e. The molecule has 2 rings (SSSR count). The Morgan fingerprint density at radius 1 is 1.43 bits per heavy atom. The Bertz CT molecular complexity index is 405. The number of ether oxygens (including phenoxy) is 1. The predicted molar refractivity (Wildman–Crippen MR) is 54.5 cm³/mol. The summed E-state index contributed by atoms with van der Waals surface area (Å²) in [6, 6.07) is 7.84. The molecule has 0 fully saturated rings. The van der Waals surface area contributed by atoms with E-state index in [9.17, 15) is 4.79 Å². The molecular formula is C12H10O2. The Morgan fingerprint density at radius 2 is 2.21 bits per heavy atom. The van der Waals surface area contributed by atoms with Gasteiger partial charge < -0.3 is 4.74 Å². The van der Waals surface area contributed by atoms with Crippen LogP contribution in [0.2, 0.25) is 0 Å². The number of rotatable bonds is 2. The van der Waals surface area contributed by atoms with E-state index in [1.807, 2.05) is 36.4 Å². The highest BCUT2D eigenvalue weighted by Gasteiger charge is 2.18. The van der Waals surface area contributed by atoms with Crippen LogP contribution in [0.1, 0.15) is 17.2 Å². The maximum atomic E-state index is 11.0. The fraction of sp³-hybridized carbons (Fsp3) is 0.0833. The van der Waals surface area contributed by atoms with Gasteiger partial charge >= 0.3 is 5.97 Å². The van der Waals surface area contributed by atoms with Crippen molar-refractivity contribution in [1.29, 1.82) is 0 Å². The van der Waals surface area contributed by atoms with Crippen molar-refractivity contribution in [2.24, 2.45) is 0 Å². The molecule has 0 saturated heterocycles. The Labute approximate surface area is 82.5 Å². The van der Waals surface area contributed by atoms with E-state index in [4.69, 9.17) is 4.74 Å². The van der Waals surface area contributed by atoms with Gasteiger partial charge in [-0.3, -0.25) is 0 Å². The average Bonchev–Trinajstić information content (AvgIpc) is 2.62. The highest BCUT2D eigenvalue weighted by Crippen LogP contribution is 2.30. The molecule has 1 aromatic rings. The summed E-state index contributed by atoms with van der Waals surface area (Å²) < 4.78 is 5.14. The van der Waals surface area contributed by atoms with Gasteiger partial charge in [0.05, 0.1) is 0 Å². The number of hydrogen-bond donors (Lipinski definition) is 0. The average molecular weight is 186 g/mol. The molecule has 0 N–H and O–H groups in total. The third-order valence-electron chi connectivity index (χ3n) is 2.16. The van der Waals surface area contributed by atoms with Crippen molar-refractivity contribution in [3.63, 3.8) is 0 Å². The van der Waals surface area contributed by atoms with Gasteiger partial charge in [-0.25, -0.2) is 4.79 Å². The van der Waals surface area contributed by atoms with E-state index in [-0.39, 0.29) is 6.10 Å². The summed E-state index contributed by atoms with van der Waals surface area (Å²) >= 11 is 0. The SMILES string of the molecule is C=CC(=O)OC1C=Cc2ccccc21. The molecule has 70 valence electrons. The lowest BCUT2D eigenvalue weighted by atomic mass is 10.1. The molecule has 0 aromatic heterocycles. The standard InChI is InChI=1S/C12H10O2/c1-2-12(13)14-11-8-7-9-5-3-4-6-10(9)11/h2-8,11H,1H2. The minimum Gasteiger partial charge on any atom is -0.450 e. The van der Waals surface area contributed by atoms with Gasteiger partial charge in [0.15, 0.2) is 0 Å². The number of fused-ring (bicyclic) bond motifs is 1. The molecule has 0 heterocycles. The molecule has 14 heavy (non-hydrogen) atoms. The normalized spacial score (nSPS) is 17.6. The minimum absolute atomic E-state index is 0.253. The van der Waals surface area contributed by atoms with Crippen LogP contribution in [0.4, 0.5) is 0 Å². The summed E-state index contributed by atoms with van der Waals surface area (Å²) in [4.78, 5) is 11.0. The van der Waals surface area contributed by atoms with Crippen molar-refractivity contribution in [1.82, 2.24) is 0 Å². The first-order chi connectivity index (χ1) is 6.81. The number of carbonyl (C=O) groups is 1. The molecule has 2 nitrogen and oxygen atoms in total. The van der Waals surface area contributed by atoms with E-state index in [2.05, 4.69) is 6.58 Å². The van der Waals surface area contributed by atoms with Gasteiger partial charge in [0.25, 0.3) is 0 Å². The summed E-state index contributed by atoms with van der Waals surface area (Å²) in [6.45, 7) is 3.36. The van der Waals surface area contributed by atoms with Crippen LogP contribution in [0.15, 0.2) is 43.0 Å². The molecule has 0 saturated carbocycles. The van der Waals surface area contributed by atoms with Gasteiger partial charge in [0.1, 0.15) is 6.10 Å². The van der Waals surface area contributed by atoms with Gasteiger partial charge in [-0.2, -0.15) is 0 Å². The third-order valence-corrected chi connectivity index (χ3v) is 2.16. The molecule has 1 aliphatic rings. The molecule has 0 aliphatic heterocycles. The minimum atomic E-state index is -0.392. The van der Waals surface area contributed by atoms with E-state index in [0.29, 0.717) is 0 Å². The Morgan fingerprint density at radius 3 is 3.00 bits per heavy atom. The zero-order chi connectivity index (χ0) is 9.97. The zero-order valence-corrected chi connectivity index (χ0v) is 7.64. The molecular weight excluding hydrogens is 176 g/mol. The lowest BCUT2D eigenvalue weighted by molar-refractivity contribution is -0.141. The summed E-state index contributed by atoms with van der Waals surface area (Å²) in [6.07, 6.45) is 4.74. The fourth-order valence-electron chi connectivity index (χ4n) is 1.49. The van der Waals surface area contributed by atoms with Crippen LogP contribution in [0.5, 0.6) is 0 Å². The van der Waals surface area contributed by atoms with Crippen molar-refractivity contribution < 1.29 is 9.53 Å². The molecule has 0 amide bonds. The second kappa shape index (κ2) is 3.50. The van der Waals surface area contributed by atoms with Gasteiger partial charge in [-0.05, 0) is 11.6 Å². The van der Waals surface area contributed by atoms with Crippen LogP contribution in [0.25, 0.3) is 6.08 Å². The first kappa shape index (κ1) is 8.75. The van der Waals surface area contributed by atoms with Crippen molar-refractivity contribution in [3.8, 4) is 0 Å². The summed E-state index contributed by atoms with van der Waals surface area (Å²) in [5, 5.41) is 0. The molecule has 0 radical (unpaired) electrons.